The van der Waals surface area contributed by atoms with E-state index in [1.807, 2.05) is 6.07 Å². The van der Waals surface area contributed by atoms with E-state index in [0.29, 0.717) is 21.5 Å². The molecule has 0 aliphatic heterocycles. The molecule has 1 aliphatic carbocycles. The van der Waals surface area contributed by atoms with Crippen LogP contribution < -0.4 is 0 Å². The van der Waals surface area contributed by atoms with Gasteiger partial charge in [0.15, 0.2) is 5.78 Å². The SMILES string of the molecule is CCOC(=O)C(Cc1c(Cl)cccc1Cl)C(=O)[C@H]1CC[C@H](c2ccccc2)CC1. The Bertz CT molecular complexity index is 822. The second-order valence-corrected chi connectivity index (χ2v) is 8.38. The van der Waals surface area contributed by atoms with Crippen LogP contribution in [0.5, 0.6) is 0 Å². The lowest BCUT2D eigenvalue weighted by atomic mass is 9.74. The molecule has 154 valence electrons. The van der Waals surface area contributed by atoms with Crippen LogP contribution in [0.2, 0.25) is 10.0 Å². The summed E-state index contributed by atoms with van der Waals surface area (Å²) in [5.41, 5.74) is 1.95. The van der Waals surface area contributed by atoms with E-state index in [-0.39, 0.29) is 24.7 Å². The van der Waals surface area contributed by atoms with E-state index in [0.717, 1.165) is 25.7 Å². The van der Waals surface area contributed by atoms with Gasteiger partial charge in [-0.05, 0) is 68.2 Å². The number of hydrogen-bond donors (Lipinski definition) is 0. The topological polar surface area (TPSA) is 43.4 Å². The standard InChI is InChI=1S/C24H26Cl2O3/c1-2-29-24(28)20(15-19-21(25)9-6-10-22(19)26)23(27)18-13-11-17(12-14-18)16-7-4-3-5-8-16/h3-10,17-18,20H,2,11-15H2,1H3/t17-,18-,20?. The number of hydrogen-bond acceptors (Lipinski definition) is 3. The number of carbonyl (C=O) groups is 2. The van der Waals surface area contributed by atoms with Crippen molar-refractivity contribution >= 4 is 35.0 Å². The van der Waals surface area contributed by atoms with Crippen LogP contribution in [0.3, 0.4) is 0 Å². The normalized spacial score (nSPS) is 20.1. The Hall–Kier alpha value is -1.84. The van der Waals surface area contributed by atoms with Crippen LogP contribution in [-0.4, -0.2) is 18.4 Å². The van der Waals surface area contributed by atoms with Crippen LogP contribution in [0.4, 0.5) is 0 Å². The molecular weight excluding hydrogens is 407 g/mol. The molecule has 3 nitrogen and oxygen atoms in total. The number of halogens is 2. The fourth-order valence-electron chi connectivity index (χ4n) is 4.20. The Morgan fingerprint density at radius 2 is 1.59 bits per heavy atom. The van der Waals surface area contributed by atoms with Gasteiger partial charge in [-0.1, -0.05) is 59.6 Å². The monoisotopic (exact) mass is 432 g/mol. The van der Waals surface area contributed by atoms with Crippen LogP contribution >= 0.6 is 23.2 Å². The zero-order valence-corrected chi connectivity index (χ0v) is 18.1. The molecule has 0 bridgehead atoms. The number of ether oxygens (including phenoxy) is 1. The minimum atomic E-state index is -0.870. The maximum atomic E-state index is 13.3. The van der Waals surface area contributed by atoms with Crippen molar-refractivity contribution in [1.82, 2.24) is 0 Å². The van der Waals surface area contributed by atoms with Crippen molar-refractivity contribution in [2.45, 2.75) is 44.9 Å². The summed E-state index contributed by atoms with van der Waals surface area (Å²) in [6, 6.07) is 15.6. The molecule has 2 aromatic rings. The van der Waals surface area contributed by atoms with E-state index in [2.05, 4.69) is 24.3 Å². The maximum Gasteiger partial charge on any atom is 0.316 e. The zero-order chi connectivity index (χ0) is 20.8. The van der Waals surface area contributed by atoms with Crippen LogP contribution in [-0.2, 0) is 20.7 Å². The Morgan fingerprint density at radius 1 is 0.966 bits per heavy atom. The molecule has 0 aromatic heterocycles. The van der Waals surface area contributed by atoms with E-state index < -0.39 is 11.9 Å². The van der Waals surface area contributed by atoms with E-state index in [9.17, 15) is 9.59 Å². The fraction of sp³-hybridized carbons (Fsp3) is 0.417. The molecule has 5 heteroatoms. The van der Waals surface area contributed by atoms with Gasteiger partial charge >= 0.3 is 5.97 Å². The fourth-order valence-corrected chi connectivity index (χ4v) is 4.75. The molecule has 3 rings (SSSR count). The molecule has 0 spiro atoms. The molecule has 0 amide bonds. The number of benzene rings is 2. The van der Waals surface area contributed by atoms with Gasteiger partial charge in [-0.15, -0.1) is 0 Å². The summed E-state index contributed by atoms with van der Waals surface area (Å²) in [4.78, 5) is 25.9. The predicted octanol–water partition coefficient (Wildman–Crippen LogP) is 6.26. The van der Waals surface area contributed by atoms with Crippen LogP contribution in [0, 0.1) is 11.8 Å². The highest BCUT2D eigenvalue weighted by Gasteiger charge is 2.36. The van der Waals surface area contributed by atoms with Crippen LogP contribution in [0.1, 0.15) is 49.7 Å². The summed E-state index contributed by atoms with van der Waals surface area (Å²) in [7, 11) is 0. The van der Waals surface area contributed by atoms with Crippen molar-refractivity contribution in [3.05, 3.63) is 69.7 Å². The highest BCUT2D eigenvalue weighted by atomic mass is 35.5. The summed E-state index contributed by atoms with van der Waals surface area (Å²) in [5, 5.41) is 0.930. The molecular formula is C24H26Cl2O3. The van der Waals surface area contributed by atoms with Gasteiger partial charge < -0.3 is 4.74 Å². The first kappa shape index (κ1) is 21.9. The average molecular weight is 433 g/mol. The second-order valence-electron chi connectivity index (χ2n) is 7.57. The lowest BCUT2D eigenvalue weighted by Gasteiger charge is -2.30. The molecule has 0 saturated heterocycles. The lowest BCUT2D eigenvalue weighted by molar-refractivity contribution is -0.152. The molecule has 1 saturated carbocycles. The lowest BCUT2D eigenvalue weighted by Crippen LogP contribution is -2.34. The van der Waals surface area contributed by atoms with Gasteiger partial charge in [0, 0.05) is 16.0 Å². The summed E-state index contributed by atoms with van der Waals surface area (Å²) in [6.45, 7) is 1.98. The average Bonchev–Trinajstić information content (AvgIpc) is 2.74. The van der Waals surface area contributed by atoms with Gasteiger partial charge in [0.05, 0.1) is 6.61 Å². The van der Waals surface area contributed by atoms with Gasteiger partial charge in [0.2, 0.25) is 0 Å². The van der Waals surface area contributed by atoms with Crippen molar-refractivity contribution in [3.8, 4) is 0 Å². The van der Waals surface area contributed by atoms with Gasteiger partial charge in [0.1, 0.15) is 5.92 Å². The molecule has 29 heavy (non-hydrogen) atoms. The molecule has 1 fully saturated rings. The Labute approximate surface area is 182 Å². The number of carbonyl (C=O) groups excluding carboxylic acids is 2. The molecule has 0 heterocycles. The Morgan fingerprint density at radius 3 is 2.17 bits per heavy atom. The summed E-state index contributed by atoms with van der Waals surface area (Å²) < 4.78 is 5.21. The van der Waals surface area contributed by atoms with E-state index in [1.54, 1.807) is 25.1 Å². The van der Waals surface area contributed by atoms with Crippen LogP contribution in [0.25, 0.3) is 0 Å². The maximum absolute atomic E-state index is 13.3. The first-order valence-corrected chi connectivity index (χ1v) is 10.9. The number of ketones is 1. The quantitative estimate of drug-likeness (QED) is 0.383. The van der Waals surface area contributed by atoms with E-state index in [4.69, 9.17) is 27.9 Å². The molecule has 2 aromatic carbocycles. The largest absolute Gasteiger partial charge is 0.465 e. The molecule has 0 N–H and O–H groups in total. The second kappa shape index (κ2) is 10.3. The van der Waals surface area contributed by atoms with E-state index >= 15 is 0 Å². The smallest absolute Gasteiger partial charge is 0.316 e. The minimum absolute atomic E-state index is 0.0500. The summed E-state index contributed by atoms with van der Waals surface area (Å²) in [6.07, 6.45) is 3.63. The van der Waals surface area contributed by atoms with Crippen molar-refractivity contribution < 1.29 is 14.3 Å². The zero-order valence-electron chi connectivity index (χ0n) is 16.6. The van der Waals surface area contributed by atoms with Crippen LogP contribution in [0.15, 0.2) is 48.5 Å². The van der Waals surface area contributed by atoms with Crippen molar-refractivity contribution in [2.24, 2.45) is 11.8 Å². The third-order valence-corrected chi connectivity index (χ3v) is 6.49. The summed E-state index contributed by atoms with van der Waals surface area (Å²) in [5.74, 6) is -1.07. The Balaban J connectivity index is 1.73. The third-order valence-electron chi connectivity index (χ3n) is 5.79. The predicted molar refractivity (Wildman–Crippen MR) is 116 cm³/mol. The van der Waals surface area contributed by atoms with Crippen molar-refractivity contribution in [3.63, 3.8) is 0 Å². The first-order chi connectivity index (χ1) is 14.0. The third kappa shape index (κ3) is 5.40. The number of Topliss-reactive ketones (excluding diaryl/α,β-unsaturated/α-hetero) is 1. The van der Waals surface area contributed by atoms with Gasteiger partial charge in [0.25, 0.3) is 0 Å². The molecule has 1 aliphatic rings. The molecule has 0 radical (unpaired) electrons. The minimum Gasteiger partial charge on any atom is -0.465 e. The van der Waals surface area contributed by atoms with Gasteiger partial charge in [-0.2, -0.15) is 0 Å². The number of esters is 1. The molecule has 1 unspecified atom stereocenters. The number of rotatable bonds is 7. The highest BCUT2D eigenvalue weighted by Crippen LogP contribution is 2.38. The Kier molecular flexibility index (Phi) is 7.74. The van der Waals surface area contributed by atoms with E-state index in [1.165, 1.54) is 5.56 Å². The van der Waals surface area contributed by atoms with Crippen molar-refractivity contribution in [1.29, 1.82) is 0 Å². The van der Waals surface area contributed by atoms with Gasteiger partial charge in [-0.25, -0.2) is 0 Å². The first-order valence-electron chi connectivity index (χ1n) is 10.2. The van der Waals surface area contributed by atoms with Crippen molar-refractivity contribution in [2.75, 3.05) is 6.61 Å². The summed E-state index contributed by atoms with van der Waals surface area (Å²) >= 11 is 12.6. The highest BCUT2D eigenvalue weighted by molar-refractivity contribution is 6.36. The molecule has 1 atom stereocenters. The van der Waals surface area contributed by atoms with Gasteiger partial charge in [-0.3, -0.25) is 9.59 Å².